The molecule has 2 aromatic carbocycles. The summed E-state index contributed by atoms with van der Waals surface area (Å²) in [7, 11) is -1.91. The van der Waals surface area contributed by atoms with E-state index in [0.29, 0.717) is 13.1 Å². The number of benzene rings is 2. The lowest BCUT2D eigenvalue weighted by atomic mass is 9.79. The number of piperidine rings is 1. The van der Waals surface area contributed by atoms with Crippen LogP contribution in [-0.2, 0) is 16.6 Å². The van der Waals surface area contributed by atoms with Crippen LogP contribution in [-0.4, -0.2) is 50.9 Å². The van der Waals surface area contributed by atoms with E-state index in [4.69, 9.17) is 4.74 Å². The lowest BCUT2D eigenvalue weighted by Gasteiger charge is -2.40. The van der Waals surface area contributed by atoms with E-state index in [9.17, 15) is 12.8 Å². The summed E-state index contributed by atoms with van der Waals surface area (Å²) < 4.78 is 46.1. The van der Waals surface area contributed by atoms with Crippen LogP contribution in [0, 0.1) is 11.2 Å². The molecule has 0 radical (unpaired) electrons. The SMILES string of the molecule is COc1cccc(CN2CCCC3(CCN(S(=O)(=O)c4ccc(F)cc4)C3)C2)c1. The highest BCUT2D eigenvalue weighted by Gasteiger charge is 2.45. The van der Waals surface area contributed by atoms with Gasteiger partial charge in [-0.05, 0) is 73.2 Å². The lowest BCUT2D eigenvalue weighted by Crippen LogP contribution is -2.45. The van der Waals surface area contributed by atoms with Gasteiger partial charge in [-0.2, -0.15) is 4.31 Å². The summed E-state index contributed by atoms with van der Waals surface area (Å²) in [4.78, 5) is 2.59. The Balaban J connectivity index is 1.45. The maximum Gasteiger partial charge on any atom is 0.243 e. The van der Waals surface area contributed by atoms with Gasteiger partial charge in [-0.15, -0.1) is 0 Å². The van der Waals surface area contributed by atoms with Crippen molar-refractivity contribution >= 4 is 10.0 Å². The van der Waals surface area contributed by atoms with Crippen LogP contribution < -0.4 is 4.74 Å². The first-order valence-electron chi connectivity index (χ1n) is 10.0. The average Bonchev–Trinajstić information content (AvgIpc) is 3.12. The van der Waals surface area contributed by atoms with E-state index >= 15 is 0 Å². The van der Waals surface area contributed by atoms with E-state index in [2.05, 4.69) is 17.0 Å². The normalized spacial score (nSPS) is 23.5. The number of halogens is 1. The molecule has 2 aliphatic heterocycles. The third-order valence-electron chi connectivity index (χ3n) is 6.14. The molecule has 2 heterocycles. The zero-order valence-corrected chi connectivity index (χ0v) is 17.5. The Hall–Kier alpha value is -1.96. The fraction of sp³-hybridized carbons (Fsp3) is 0.455. The minimum atomic E-state index is -3.58. The van der Waals surface area contributed by atoms with Crippen LogP contribution >= 0.6 is 0 Å². The Labute approximate surface area is 172 Å². The van der Waals surface area contributed by atoms with Crippen molar-refractivity contribution < 1.29 is 17.5 Å². The molecule has 2 aromatic rings. The summed E-state index contributed by atoms with van der Waals surface area (Å²) in [6.07, 6.45) is 2.97. The third kappa shape index (κ3) is 4.32. The molecule has 1 unspecified atom stereocenters. The largest absolute Gasteiger partial charge is 0.497 e. The van der Waals surface area contributed by atoms with Crippen LogP contribution in [0.2, 0.25) is 0 Å². The van der Waals surface area contributed by atoms with Crippen molar-refractivity contribution in [1.29, 1.82) is 0 Å². The standard InChI is InChI=1S/C22H27FN2O3S/c1-28-20-5-2-4-18(14-20)15-24-12-3-10-22(16-24)11-13-25(17-22)29(26,27)21-8-6-19(23)7-9-21/h2,4-9,14H,3,10-13,15-17H2,1H3. The van der Waals surface area contributed by atoms with Crippen molar-refractivity contribution in [3.05, 3.63) is 59.9 Å². The van der Waals surface area contributed by atoms with Gasteiger partial charge < -0.3 is 4.74 Å². The van der Waals surface area contributed by atoms with Crippen molar-refractivity contribution in [2.24, 2.45) is 5.41 Å². The fourth-order valence-corrected chi connectivity index (χ4v) is 6.22. The molecule has 29 heavy (non-hydrogen) atoms. The fourth-order valence-electron chi connectivity index (χ4n) is 4.66. The molecule has 0 amide bonds. The van der Waals surface area contributed by atoms with Gasteiger partial charge in [0, 0.05) is 26.2 Å². The second-order valence-corrected chi connectivity index (χ2v) is 10.1. The Morgan fingerprint density at radius 2 is 1.86 bits per heavy atom. The highest BCUT2D eigenvalue weighted by molar-refractivity contribution is 7.89. The zero-order chi connectivity index (χ0) is 20.5. The summed E-state index contributed by atoms with van der Waals surface area (Å²) in [6.45, 7) is 3.79. The summed E-state index contributed by atoms with van der Waals surface area (Å²) in [5.41, 5.74) is 1.19. The van der Waals surface area contributed by atoms with Gasteiger partial charge in [0.25, 0.3) is 0 Å². The first-order chi connectivity index (χ1) is 13.9. The summed E-state index contributed by atoms with van der Waals surface area (Å²) in [5.74, 6) is 0.425. The molecule has 1 atom stereocenters. The number of likely N-dealkylation sites (tertiary alicyclic amines) is 1. The summed E-state index contributed by atoms with van der Waals surface area (Å²) in [6, 6.07) is 13.2. The predicted molar refractivity (Wildman–Crippen MR) is 110 cm³/mol. The van der Waals surface area contributed by atoms with E-state index in [1.54, 1.807) is 11.4 Å². The topological polar surface area (TPSA) is 49.9 Å². The molecule has 156 valence electrons. The molecule has 0 bridgehead atoms. The molecule has 2 aliphatic rings. The molecule has 4 rings (SSSR count). The zero-order valence-electron chi connectivity index (χ0n) is 16.7. The molecule has 0 aliphatic carbocycles. The van der Waals surface area contributed by atoms with E-state index < -0.39 is 15.8 Å². The second-order valence-electron chi connectivity index (χ2n) is 8.21. The molecule has 7 heteroatoms. The van der Waals surface area contributed by atoms with Gasteiger partial charge in [0.1, 0.15) is 11.6 Å². The van der Waals surface area contributed by atoms with Crippen LogP contribution in [0.15, 0.2) is 53.4 Å². The highest BCUT2D eigenvalue weighted by Crippen LogP contribution is 2.41. The molecule has 0 N–H and O–H groups in total. The Kier molecular flexibility index (Phi) is 5.64. The summed E-state index contributed by atoms with van der Waals surface area (Å²) >= 11 is 0. The number of ether oxygens (including phenoxy) is 1. The van der Waals surface area contributed by atoms with Gasteiger partial charge in [0.05, 0.1) is 12.0 Å². The number of rotatable bonds is 5. The first kappa shape index (κ1) is 20.3. The van der Waals surface area contributed by atoms with E-state index in [0.717, 1.165) is 44.6 Å². The van der Waals surface area contributed by atoms with Crippen molar-refractivity contribution in [2.75, 3.05) is 33.3 Å². The van der Waals surface area contributed by atoms with Gasteiger partial charge in [0.2, 0.25) is 10.0 Å². The van der Waals surface area contributed by atoms with E-state index in [-0.39, 0.29) is 10.3 Å². The Bertz CT molecular complexity index is 964. The van der Waals surface area contributed by atoms with E-state index in [1.807, 2.05) is 12.1 Å². The van der Waals surface area contributed by atoms with Crippen molar-refractivity contribution in [3.8, 4) is 5.75 Å². The molecule has 0 aromatic heterocycles. The minimum Gasteiger partial charge on any atom is -0.497 e. The molecular formula is C22H27FN2O3S. The molecule has 2 fully saturated rings. The number of hydrogen-bond acceptors (Lipinski definition) is 4. The van der Waals surface area contributed by atoms with Gasteiger partial charge in [-0.1, -0.05) is 12.1 Å². The minimum absolute atomic E-state index is 0.00971. The Morgan fingerprint density at radius 1 is 1.07 bits per heavy atom. The number of methoxy groups -OCH3 is 1. The smallest absolute Gasteiger partial charge is 0.243 e. The van der Waals surface area contributed by atoms with Gasteiger partial charge in [-0.25, -0.2) is 12.8 Å². The monoisotopic (exact) mass is 418 g/mol. The molecular weight excluding hydrogens is 391 g/mol. The molecule has 1 spiro atoms. The number of hydrogen-bond donors (Lipinski definition) is 0. The van der Waals surface area contributed by atoms with Crippen molar-refractivity contribution in [2.45, 2.75) is 30.7 Å². The van der Waals surface area contributed by atoms with Crippen molar-refractivity contribution in [1.82, 2.24) is 9.21 Å². The maximum atomic E-state index is 13.2. The van der Waals surface area contributed by atoms with Crippen LogP contribution in [0.25, 0.3) is 0 Å². The van der Waals surface area contributed by atoms with Gasteiger partial charge in [0.15, 0.2) is 0 Å². The lowest BCUT2D eigenvalue weighted by molar-refractivity contribution is 0.0934. The molecule has 5 nitrogen and oxygen atoms in total. The third-order valence-corrected chi connectivity index (χ3v) is 7.99. The van der Waals surface area contributed by atoms with E-state index in [1.165, 1.54) is 29.8 Å². The first-order valence-corrected chi connectivity index (χ1v) is 11.5. The average molecular weight is 419 g/mol. The second kappa shape index (κ2) is 8.05. The summed E-state index contributed by atoms with van der Waals surface area (Å²) in [5, 5.41) is 0. The molecule has 2 saturated heterocycles. The van der Waals surface area contributed by atoms with Crippen LogP contribution in [0.3, 0.4) is 0 Å². The maximum absolute atomic E-state index is 13.2. The predicted octanol–water partition coefficient (Wildman–Crippen LogP) is 3.51. The molecule has 0 saturated carbocycles. The van der Waals surface area contributed by atoms with Crippen LogP contribution in [0.5, 0.6) is 5.75 Å². The highest BCUT2D eigenvalue weighted by atomic mass is 32.2. The van der Waals surface area contributed by atoms with Gasteiger partial charge >= 0.3 is 0 Å². The number of nitrogens with zero attached hydrogens (tertiary/aromatic N) is 2. The quantitative estimate of drug-likeness (QED) is 0.746. The van der Waals surface area contributed by atoms with Crippen LogP contribution in [0.4, 0.5) is 4.39 Å². The van der Waals surface area contributed by atoms with Crippen LogP contribution in [0.1, 0.15) is 24.8 Å². The Morgan fingerprint density at radius 3 is 2.62 bits per heavy atom. The van der Waals surface area contributed by atoms with Gasteiger partial charge in [-0.3, -0.25) is 4.90 Å². The number of sulfonamides is 1. The van der Waals surface area contributed by atoms with Crippen molar-refractivity contribution in [3.63, 3.8) is 0 Å².